The maximum Gasteiger partial charge on any atom is 0.346 e. The highest BCUT2D eigenvalue weighted by Gasteiger charge is 2.29. The Balaban J connectivity index is 2.15. The van der Waals surface area contributed by atoms with Crippen LogP contribution < -0.4 is 5.73 Å². The molecule has 0 amide bonds. The van der Waals surface area contributed by atoms with Crippen LogP contribution in [0, 0.1) is 5.82 Å². The van der Waals surface area contributed by atoms with Crippen LogP contribution in [0.1, 0.15) is 17.2 Å². The van der Waals surface area contributed by atoms with E-state index in [9.17, 15) is 9.18 Å². The van der Waals surface area contributed by atoms with E-state index in [4.69, 9.17) is 5.73 Å². The Morgan fingerprint density at radius 1 is 1.47 bits per heavy atom. The molecule has 0 aliphatic carbocycles. The number of nitrogens with two attached hydrogens (primary N) is 1. The van der Waals surface area contributed by atoms with Gasteiger partial charge < -0.3 is 10.5 Å². The van der Waals surface area contributed by atoms with E-state index in [1.165, 1.54) is 31.0 Å². The molecule has 0 aromatic heterocycles. The van der Waals surface area contributed by atoms with Gasteiger partial charge in [-0.25, -0.2) is 9.18 Å². The van der Waals surface area contributed by atoms with E-state index in [-0.39, 0.29) is 11.1 Å². The summed E-state index contributed by atoms with van der Waals surface area (Å²) in [5, 5.41) is 0.0599. The minimum atomic E-state index is -0.405. The first-order valence-corrected chi connectivity index (χ1v) is 5.99. The largest absolute Gasteiger partial charge is 0.465 e. The van der Waals surface area contributed by atoms with Crippen LogP contribution in [-0.2, 0) is 9.53 Å². The SMILES string of the molecule is COC(=O)C1=C(N)CC(c2ccc(F)cc2)S1. The third-order valence-corrected chi connectivity index (χ3v) is 3.96. The Kier molecular flexibility index (Phi) is 3.38. The van der Waals surface area contributed by atoms with Crippen molar-refractivity contribution in [3.8, 4) is 0 Å². The summed E-state index contributed by atoms with van der Waals surface area (Å²) < 4.78 is 17.4. The number of ether oxygens (including phenoxy) is 1. The van der Waals surface area contributed by atoms with E-state index in [0.29, 0.717) is 17.0 Å². The summed E-state index contributed by atoms with van der Waals surface area (Å²) in [5.41, 5.74) is 7.29. The summed E-state index contributed by atoms with van der Waals surface area (Å²) in [4.78, 5) is 11.9. The number of hydrogen-bond acceptors (Lipinski definition) is 4. The zero-order valence-corrected chi connectivity index (χ0v) is 10.1. The van der Waals surface area contributed by atoms with Crippen LogP contribution in [0.3, 0.4) is 0 Å². The Bertz CT molecular complexity index is 470. The summed E-state index contributed by atoms with van der Waals surface area (Å²) in [7, 11) is 1.33. The molecule has 3 nitrogen and oxygen atoms in total. The molecule has 0 bridgehead atoms. The topological polar surface area (TPSA) is 52.3 Å². The van der Waals surface area contributed by atoms with Crippen molar-refractivity contribution in [2.24, 2.45) is 5.73 Å². The van der Waals surface area contributed by atoms with Crippen molar-refractivity contribution in [3.63, 3.8) is 0 Å². The lowest BCUT2D eigenvalue weighted by Crippen LogP contribution is -2.06. The standard InChI is InChI=1S/C12H12FNO2S/c1-16-12(15)11-9(14)6-10(17-11)7-2-4-8(13)5-3-7/h2-5,10H,6,14H2,1H3. The van der Waals surface area contributed by atoms with Crippen LogP contribution in [0.5, 0.6) is 0 Å². The van der Waals surface area contributed by atoms with Crippen molar-refractivity contribution in [1.29, 1.82) is 0 Å². The molecule has 0 spiro atoms. The highest BCUT2D eigenvalue weighted by Crippen LogP contribution is 2.46. The van der Waals surface area contributed by atoms with E-state index in [1.54, 1.807) is 12.1 Å². The number of allylic oxidation sites excluding steroid dienone is 1. The van der Waals surface area contributed by atoms with Crippen LogP contribution in [-0.4, -0.2) is 13.1 Å². The van der Waals surface area contributed by atoms with E-state index < -0.39 is 5.97 Å². The first-order chi connectivity index (χ1) is 8.11. The smallest absolute Gasteiger partial charge is 0.346 e. The zero-order chi connectivity index (χ0) is 12.4. The minimum absolute atomic E-state index is 0.0599. The van der Waals surface area contributed by atoms with Crippen LogP contribution in [0.25, 0.3) is 0 Å². The molecule has 0 saturated carbocycles. The molecule has 90 valence electrons. The van der Waals surface area contributed by atoms with Crippen molar-refractivity contribution < 1.29 is 13.9 Å². The number of halogens is 1. The van der Waals surface area contributed by atoms with Gasteiger partial charge in [0.2, 0.25) is 0 Å². The first kappa shape index (κ1) is 12.0. The van der Waals surface area contributed by atoms with Crippen molar-refractivity contribution in [2.75, 3.05) is 7.11 Å². The van der Waals surface area contributed by atoms with Crippen molar-refractivity contribution in [2.45, 2.75) is 11.7 Å². The fourth-order valence-corrected chi connectivity index (χ4v) is 2.94. The molecule has 1 aromatic rings. The third kappa shape index (κ3) is 2.44. The second-order valence-electron chi connectivity index (χ2n) is 3.71. The molecule has 2 rings (SSSR count). The van der Waals surface area contributed by atoms with Gasteiger partial charge in [-0.05, 0) is 17.7 Å². The number of hydrogen-bond donors (Lipinski definition) is 1. The maximum absolute atomic E-state index is 12.8. The highest BCUT2D eigenvalue weighted by atomic mass is 32.2. The summed E-state index contributed by atoms with van der Waals surface area (Å²) in [6.07, 6.45) is 0.584. The molecule has 1 atom stereocenters. The molecule has 1 heterocycles. The second-order valence-corrected chi connectivity index (χ2v) is 4.92. The molecule has 1 aliphatic heterocycles. The first-order valence-electron chi connectivity index (χ1n) is 5.11. The molecule has 2 N–H and O–H groups in total. The average Bonchev–Trinajstić information content (AvgIpc) is 2.71. The number of rotatable bonds is 2. The number of benzene rings is 1. The quantitative estimate of drug-likeness (QED) is 0.822. The van der Waals surface area contributed by atoms with Gasteiger partial charge in [0, 0.05) is 17.4 Å². The van der Waals surface area contributed by atoms with Gasteiger partial charge in [-0.1, -0.05) is 12.1 Å². The van der Waals surface area contributed by atoms with Gasteiger partial charge in [0.1, 0.15) is 10.7 Å². The van der Waals surface area contributed by atoms with Crippen LogP contribution in [0.2, 0.25) is 0 Å². The normalized spacial score (nSPS) is 19.5. The Morgan fingerprint density at radius 2 is 2.12 bits per heavy atom. The predicted molar refractivity (Wildman–Crippen MR) is 64.6 cm³/mol. The summed E-state index contributed by atoms with van der Waals surface area (Å²) >= 11 is 1.37. The molecule has 0 saturated heterocycles. The van der Waals surface area contributed by atoms with Crippen LogP contribution in [0.15, 0.2) is 34.9 Å². The number of esters is 1. The number of methoxy groups -OCH3 is 1. The molecular formula is C12H12FNO2S. The van der Waals surface area contributed by atoms with Gasteiger partial charge in [-0.3, -0.25) is 0 Å². The van der Waals surface area contributed by atoms with Gasteiger partial charge in [-0.2, -0.15) is 0 Å². The predicted octanol–water partition coefficient (Wildman–Crippen LogP) is 2.35. The molecule has 1 aromatic carbocycles. The summed E-state index contributed by atoms with van der Waals surface area (Å²) in [6.45, 7) is 0. The zero-order valence-electron chi connectivity index (χ0n) is 9.27. The van der Waals surface area contributed by atoms with Crippen LogP contribution in [0.4, 0.5) is 4.39 Å². The molecule has 1 aliphatic rings. The van der Waals surface area contributed by atoms with Gasteiger partial charge >= 0.3 is 5.97 Å². The fourth-order valence-electron chi connectivity index (χ4n) is 1.69. The molecule has 17 heavy (non-hydrogen) atoms. The maximum atomic E-state index is 12.8. The van der Waals surface area contributed by atoms with E-state index in [0.717, 1.165) is 5.56 Å². The molecule has 1 unspecified atom stereocenters. The number of carbonyl (C=O) groups is 1. The molecular weight excluding hydrogens is 241 g/mol. The lowest BCUT2D eigenvalue weighted by molar-refractivity contribution is -0.135. The van der Waals surface area contributed by atoms with E-state index in [1.807, 2.05) is 0 Å². The van der Waals surface area contributed by atoms with Gasteiger partial charge in [0.25, 0.3) is 0 Å². The second kappa shape index (κ2) is 4.79. The number of thioether (sulfide) groups is 1. The lowest BCUT2D eigenvalue weighted by Gasteiger charge is -2.09. The van der Waals surface area contributed by atoms with Crippen molar-refractivity contribution >= 4 is 17.7 Å². The Morgan fingerprint density at radius 3 is 2.71 bits per heavy atom. The number of carbonyl (C=O) groups excluding carboxylic acids is 1. The monoisotopic (exact) mass is 253 g/mol. The Labute approximate surface area is 103 Å². The Hall–Kier alpha value is -1.49. The molecule has 0 fully saturated rings. The average molecular weight is 253 g/mol. The summed E-state index contributed by atoms with van der Waals surface area (Å²) in [5.74, 6) is -0.678. The third-order valence-electron chi connectivity index (χ3n) is 2.57. The van der Waals surface area contributed by atoms with Crippen LogP contribution >= 0.6 is 11.8 Å². The minimum Gasteiger partial charge on any atom is -0.465 e. The molecule has 5 heteroatoms. The molecule has 0 radical (unpaired) electrons. The van der Waals surface area contributed by atoms with E-state index in [2.05, 4.69) is 4.74 Å². The fraction of sp³-hybridized carbons (Fsp3) is 0.250. The van der Waals surface area contributed by atoms with Gasteiger partial charge in [-0.15, -0.1) is 11.8 Å². The summed E-state index contributed by atoms with van der Waals surface area (Å²) in [6, 6.07) is 6.23. The van der Waals surface area contributed by atoms with E-state index >= 15 is 0 Å². The lowest BCUT2D eigenvalue weighted by atomic mass is 10.1. The highest BCUT2D eigenvalue weighted by molar-refractivity contribution is 8.04. The van der Waals surface area contributed by atoms with Gasteiger partial charge in [0.15, 0.2) is 0 Å². The van der Waals surface area contributed by atoms with Crippen molar-refractivity contribution in [1.82, 2.24) is 0 Å². The van der Waals surface area contributed by atoms with Crippen molar-refractivity contribution in [3.05, 3.63) is 46.2 Å². The van der Waals surface area contributed by atoms with Gasteiger partial charge in [0.05, 0.1) is 7.11 Å².